The van der Waals surface area contributed by atoms with Crippen molar-refractivity contribution in [2.24, 2.45) is 0 Å². The Labute approximate surface area is 106 Å². The molecule has 0 bridgehead atoms. The lowest BCUT2D eigenvalue weighted by Gasteiger charge is -2.10. The van der Waals surface area contributed by atoms with Crippen molar-refractivity contribution in [2.75, 3.05) is 11.1 Å². The number of nitrogen functional groups attached to an aromatic ring is 1. The third-order valence-electron chi connectivity index (χ3n) is 3.11. The Morgan fingerprint density at radius 1 is 1.22 bits per heavy atom. The molecule has 92 valence electrons. The molecule has 0 aliphatic heterocycles. The van der Waals surface area contributed by atoms with E-state index < -0.39 is 0 Å². The summed E-state index contributed by atoms with van der Waals surface area (Å²) in [6.07, 6.45) is 2.35. The maximum absolute atomic E-state index is 5.83. The number of para-hydroxylation sites is 1. The summed E-state index contributed by atoms with van der Waals surface area (Å²) in [5, 5.41) is 3.30. The first-order chi connectivity index (χ1) is 8.72. The zero-order chi connectivity index (χ0) is 12.5. The van der Waals surface area contributed by atoms with Gasteiger partial charge in [0.25, 0.3) is 0 Å². The third kappa shape index (κ3) is 2.27. The second kappa shape index (κ2) is 4.29. The molecule has 1 heterocycles. The first-order valence-electron chi connectivity index (χ1n) is 6.19. The minimum Gasteiger partial charge on any atom is -0.384 e. The van der Waals surface area contributed by atoms with Crippen molar-refractivity contribution in [1.29, 1.82) is 0 Å². The van der Waals surface area contributed by atoms with E-state index in [0.29, 0.717) is 11.7 Å². The molecular formula is C14H16N4. The van der Waals surface area contributed by atoms with Gasteiger partial charge in [-0.15, -0.1) is 0 Å². The Balaban J connectivity index is 1.90. The maximum Gasteiger partial charge on any atom is 0.136 e. The monoisotopic (exact) mass is 240 g/mol. The second-order valence-electron chi connectivity index (χ2n) is 4.75. The van der Waals surface area contributed by atoms with Crippen molar-refractivity contribution in [3.05, 3.63) is 41.7 Å². The Hall–Kier alpha value is -2.10. The van der Waals surface area contributed by atoms with Gasteiger partial charge in [-0.05, 0) is 31.4 Å². The number of hydrogen-bond acceptors (Lipinski definition) is 4. The fraction of sp³-hybridized carbons (Fsp3) is 0.286. The lowest BCUT2D eigenvalue weighted by Crippen LogP contribution is -2.03. The number of rotatable bonds is 3. The van der Waals surface area contributed by atoms with Gasteiger partial charge in [-0.2, -0.15) is 0 Å². The molecule has 3 N–H and O–H groups in total. The van der Waals surface area contributed by atoms with Gasteiger partial charge in [0.15, 0.2) is 0 Å². The predicted molar refractivity (Wildman–Crippen MR) is 72.9 cm³/mol. The molecule has 0 atom stereocenters. The first kappa shape index (κ1) is 11.0. The van der Waals surface area contributed by atoms with Crippen molar-refractivity contribution in [2.45, 2.75) is 25.7 Å². The second-order valence-corrected chi connectivity index (χ2v) is 4.75. The average molecular weight is 240 g/mol. The minimum atomic E-state index is 0.505. The number of benzene rings is 1. The zero-order valence-corrected chi connectivity index (χ0v) is 10.4. The van der Waals surface area contributed by atoms with E-state index in [1.165, 1.54) is 18.4 Å². The molecule has 1 aliphatic carbocycles. The quantitative estimate of drug-likeness (QED) is 0.865. The van der Waals surface area contributed by atoms with E-state index in [4.69, 9.17) is 5.73 Å². The van der Waals surface area contributed by atoms with E-state index in [-0.39, 0.29) is 0 Å². The summed E-state index contributed by atoms with van der Waals surface area (Å²) in [6.45, 7) is 2.06. The molecule has 0 amide bonds. The third-order valence-corrected chi connectivity index (χ3v) is 3.11. The summed E-state index contributed by atoms with van der Waals surface area (Å²) in [5.74, 6) is 2.68. The molecule has 4 nitrogen and oxygen atoms in total. The molecule has 0 radical (unpaired) electrons. The van der Waals surface area contributed by atoms with Crippen LogP contribution in [0, 0.1) is 6.92 Å². The molecule has 1 saturated carbocycles. The molecule has 0 unspecified atom stereocenters. The van der Waals surface area contributed by atoms with Crippen molar-refractivity contribution in [3.63, 3.8) is 0 Å². The Bertz CT molecular complexity index is 576. The van der Waals surface area contributed by atoms with E-state index in [9.17, 15) is 0 Å². The van der Waals surface area contributed by atoms with Crippen molar-refractivity contribution in [1.82, 2.24) is 9.97 Å². The Morgan fingerprint density at radius 2 is 2.00 bits per heavy atom. The van der Waals surface area contributed by atoms with Crippen LogP contribution >= 0.6 is 0 Å². The topological polar surface area (TPSA) is 63.8 Å². The van der Waals surface area contributed by atoms with Crippen molar-refractivity contribution >= 4 is 17.3 Å². The highest BCUT2D eigenvalue weighted by molar-refractivity contribution is 5.61. The van der Waals surface area contributed by atoms with Crippen LogP contribution in [-0.4, -0.2) is 9.97 Å². The molecule has 0 spiro atoms. The highest BCUT2D eigenvalue weighted by Crippen LogP contribution is 2.38. The average Bonchev–Trinajstić information content (AvgIpc) is 3.15. The van der Waals surface area contributed by atoms with Crippen LogP contribution in [0.4, 0.5) is 17.3 Å². The molecule has 1 aromatic heterocycles. The molecule has 2 aromatic rings. The summed E-state index contributed by atoms with van der Waals surface area (Å²) in [6, 6.07) is 9.89. The van der Waals surface area contributed by atoms with Crippen LogP contribution in [0.15, 0.2) is 30.3 Å². The van der Waals surface area contributed by atoms with E-state index >= 15 is 0 Å². The number of hydrogen-bond donors (Lipinski definition) is 2. The van der Waals surface area contributed by atoms with Crippen LogP contribution in [0.25, 0.3) is 0 Å². The Morgan fingerprint density at radius 3 is 2.72 bits per heavy atom. The lowest BCUT2D eigenvalue weighted by atomic mass is 10.2. The van der Waals surface area contributed by atoms with Crippen molar-refractivity contribution in [3.8, 4) is 0 Å². The maximum atomic E-state index is 5.83. The predicted octanol–water partition coefficient (Wildman–Crippen LogP) is 2.99. The fourth-order valence-corrected chi connectivity index (χ4v) is 1.92. The summed E-state index contributed by atoms with van der Waals surface area (Å²) in [7, 11) is 0. The van der Waals surface area contributed by atoms with Crippen LogP contribution in [-0.2, 0) is 0 Å². The molecular weight excluding hydrogens is 224 g/mol. The van der Waals surface area contributed by atoms with Crippen LogP contribution in [0.1, 0.15) is 30.1 Å². The summed E-state index contributed by atoms with van der Waals surface area (Å²) in [4.78, 5) is 8.82. The standard InChI is InChI=1S/C14H16N4/c1-9-4-2-3-5-11(9)16-13-8-12(15)17-14(18-13)10-6-7-10/h2-5,8,10H,6-7H2,1H3,(H3,15,16,17,18). The van der Waals surface area contributed by atoms with Gasteiger partial charge in [0, 0.05) is 17.7 Å². The molecule has 4 heteroatoms. The summed E-state index contributed by atoms with van der Waals surface area (Å²) >= 11 is 0. The number of anilines is 3. The summed E-state index contributed by atoms with van der Waals surface area (Å²) < 4.78 is 0. The van der Waals surface area contributed by atoms with E-state index in [0.717, 1.165) is 17.3 Å². The molecule has 18 heavy (non-hydrogen) atoms. The van der Waals surface area contributed by atoms with E-state index in [2.05, 4.69) is 28.3 Å². The number of nitrogens with zero attached hydrogens (tertiary/aromatic N) is 2. The number of nitrogens with two attached hydrogens (primary N) is 1. The lowest BCUT2D eigenvalue weighted by molar-refractivity contribution is 0.936. The Kier molecular flexibility index (Phi) is 2.63. The van der Waals surface area contributed by atoms with Gasteiger partial charge in [0.1, 0.15) is 17.5 Å². The number of aryl methyl sites for hydroxylation is 1. The number of aromatic nitrogens is 2. The van der Waals surface area contributed by atoms with Gasteiger partial charge in [-0.25, -0.2) is 9.97 Å². The van der Waals surface area contributed by atoms with Gasteiger partial charge in [0.05, 0.1) is 0 Å². The van der Waals surface area contributed by atoms with Crippen LogP contribution in [0.3, 0.4) is 0 Å². The van der Waals surface area contributed by atoms with Crippen molar-refractivity contribution < 1.29 is 0 Å². The normalized spacial score (nSPS) is 14.5. The van der Waals surface area contributed by atoms with Crippen LogP contribution in [0.2, 0.25) is 0 Å². The molecule has 1 aliphatic rings. The highest BCUT2D eigenvalue weighted by Gasteiger charge is 2.27. The van der Waals surface area contributed by atoms with E-state index in [1.807, 2.05) is 18.2 Å². The molecule has 1 aromatic carbocycles. The van der Waals surface area contributed by atoms with Crippen LogP contribution in [0.5, 0.6) is 0 Å². The zero-order valence-electron chi connectivity index (χ0n) is 10.4. The largest absolute Gasteiger partial charge is 0.384 e. The van der Waals surface area contributed by atoms with Gasteiger partial charge in [0.2, 0.25) is 0 Å². The molecule has 1 fully saturated rings. The SMILES string of the molecule is Cc1ccccc1Nc1cc(N)nc(C2CC2)n1. The molecule has 0 saturated heterocycles. The van der Waals surface area contributed by atoms with Gasteiger partial charge in [-0.3, -0.25) is 0 Å². The fourth-order valence-electron chi connectivity index (χ4n) is 1.92. The minimum absolute atomic E-state index is 0.505. The smallest absolute Gasteiger partial charge is 0.136 e. The van der Waals surface area contributed by atoms with Gasteiger partial charge >= 0.3 is 0 Å². The number of nitrogens with one attached hydrogen (secondary N) is 1. The van der Waals surface area contributed by atoms with Crippen LogP contribution < -0.4 is 11.1 Å². The van der Waals surface area contributed by atoms with Gasteiger partial charge < -0.3 is 11.1 Å². The summed E-state index contributed by atoms with van der Waals surface area (Å²) in [5.41, 5.74) is 8.06. The molecule has 3 rings (SSSR count). The van der Waals surface area contributed by atoms with E-state index in [1.54, 1.807) is 6.07 Å². The highest BCUT2D eigenvalue weighted by atomic mass is 15.1. The van der Waals surface area contributed by atoms with Gasteiger partial charge in [-0.1, -0.05) is 18.2 Å². The first-order valence-corrected chi connectivity index (χ1v) is 6.19.